The number of hydrogen-bond acceptors (Lipinski definition) is 5. The highest BCUT2D eigenvalue weighted by atomic mass is 16.5. The number of ether oxygens (including phenoxy) is 1. The monoisotopic (exact) mass is 633 g/mol. The summed E-state index contributed by atoms with van der Waals surface area (Å²) in [7, 11) is 0. The molecule has 0 radical (unpaired) electrons. The van der Waals surface area contributed by atoms with Crippen LogP contribution in [0.2, 0.25) is 0 Å². The standard InChI is InChI=1S/C38H43N5O4/c1-37-16-8-7-13-31(37)47-22-21-43-30-23-26(14-15-27(30)33(34(37)43)25-9-3-2-4-10-25)35(46)41-38(17-19-42(20-18-38)24-32(44)45)36-39-28-11-5-6-12-29(28)40-36/h5-8,11-16,23,25,31H,2-4,9-10,17-22,24H2,1H3,(H,39,40)(H,41,46)(H,44,45). The summed E-state index contributed by atoms with van der Waals surface area (Å²) in [5.74, 6) is 0.211. The van der Waals surface area contributed by atoms with E-state index in [-0.39, 0.29) is 24.0 Å². The van der Waals surface area contributed by atoms with Gasteiger partial charge in [0.05, 0.1) is 35.7 Å². The van der Waals surface area contributed by atoms with Crippen LogP contribution >= 0.6 is 0 Å². The Morgan fingerprint density at radius 2 is 1.87 bits per heavy atom. The molecular weight excluding hydrogens is 590 g/mol. The van der Waals surface area contributed by atoms with Crippen LogP contribution in [0.4, 0.5) is 0 Å². The second-order valence-electron chi connectivity index (χ2n) is 14.1. The Hall–Kier alpha value is -4.21. The zero-order valence-electron chi connectivity index (χ0n) is 27.0. The van der Waals surface area contributed by atoms with Crippen LogP contribution in [0.5, 0.6) is 0 Å². The maximum absolute atomic E-state index is 14.3. The van der Waals surface area contributed by atoms with E-state index < -0.39 is 11.5 Å². The van der Waals surface area contributed by atoms with Crippen LogP contribution in [-0.4, -0.2) is 68.8 Å². The normalized spacial score (nSPS) is 24.6. The fraction of sp³-hybridized carbons (Fsp3) is 0.447. The number of nitrogens with one attached hydrogen (secondary N) is 2. The van der Waals surface area contributed by atoms with Crippen molar-refractivity contribution in [3.8, 4) is 0 Å². The van der Waals surface area contributed by atoms with E-state index in [4.69, 9.17) is 9.72 Å². The summed E-state index contributed by atoms with van der Waals surface area (Å²) in [6.45, 7) is 4.72. The summed E-state index contributed by atoms with van der Waals surface area (Å²) in [5.41, 5.74) is 5.19. The molecule has 2 aliphatic carbocycles. The van der Waals surface area contributed by atoms with E-state index in [1.165, 1.54) is 48.7 Å². The smallest absolute Gasteiger partial charge is 0.317 e. The molecule has 3 N–H and O–H groups in total. The van der Waals surface area contributed by atoms with E-state index >= 15 is 0 Å². The van der Waals surface area contributed by atoms with Gasteiger partial charge in [0, 0.05) is 41.8 Å². The number of carboxylic acid groups (broad SMARTS) is 1. The third-order valence-corrected chi connectivity index (χ3v) is 11.2. The number of fused-ring (bicyclic) bond motifs is 6. The Bertz CT molecular complexity index is 1870. The van der Waals surface area contributed by atoms with Gasteiger partial charge < -0.3 is 24.7 Å². The van der Waals surface area contributed by atoms with Crippen molar-refractivity contribution in [3.05, 3.63) is 89.4 Å². The van der Waals surface area contributed by atoms with Gasteiger partial charge in [-0.25, -0.2) is 4.98 Å². The summed E-state index contributed by atoms with van der Waals surface area (Å²) >= 11 is 0. The van der Waals surface area contributed by atoms with Crippen molar-refractivity contribution in [1.29, 1.82) is 0 Å². The molecular formula is C38H43N5O4. The summed E-state index contributed by atoms with van der Waals surface area (Å²) in [4.78, 5) is 36.1. The van der Waals surface area contributed by atoms with Crippen molar-refractivity contribution >= 4 is 33.8 Å². The molecule has 4 aromatic rings. The van der Waals surface area contributed by atoms with Crippen molar-refractivity contribution in [2.45, 2.75) is 81.4 Å². The number of nitrogens with zero attached hydrogens (tertiary/aromatic N) is 3. The number of rotatable bonds is 6. The highest BCUT2D eigenvalue weighted by Crippen LogP contribution is 2.48. The molecule has 2 aromatic carbocycles. The summed E-state index contributed by atoms with van der Waals surface area (Å²) in [6, 6.07) is 14.1. The minimum Gasteiger partial charge on any atom is -0.480 e. The Labute approximate surface area is 274 Å². The molecule has 2 atom stereocenters. The first-order chi connectivity index (χ1) is 22.8. The Kier molecular flexibility index (Phi) is 7.56. The van der Waals surface area contributed by atoms with Gasteiger partial charge in [-0.2, -0.15) is 0 Å². The van der Waals surface area contributed by atoms with Crippen molar-refractivity contribution in [1.82, 2.24) is 24.8 Å². The second kappa shape index (κ2) is 11.8. The van der Waals surface area contributed by atoms with E-state index in [1.54, 1.807) is 0 Å². The van der Waals surface area contributed by atoms with Gasteiger partial charge in [0.25, 0.3) is 5.91 Å². The van der Waals surface area contributed by atoms with Crippen LogP contribution < -0.4 is 5.32 Å². The molecule has 0 bridgehead atoms. The molecule has 4 aliphatic rings. The van der Waals surface area contributed by atoms with Crippen LogP contribution in [0.15, 0.2) is 66.8 Å². The van der Waals surface area contributed by atoms with Gasteiger partial charge in [-0.05, 0) is 68.4 Å². The van der Waals surface area contributed by atoms with E-state index in [9.17, 15) is 14.7 Å². The number of hydrogen-bond donors (Lipinski definition) is 3. The lowest BCUT2D eigenvalue weighted by Gasteiger charge is -2.40. The molecule has 4 heterocycles. The molecule has 2 unspecified atom stereocenters. The summed E-state index contributed by atoms with van der Waals surface area (Å²) in [5, 5.41) is 14.1. The topological polar surface area (TPSA) is 112 Å². The average Bonchev–Trinajstić information content (AvgIpc) is 3.63. The molecule has 1 saturated heterocycles. The zero-order chi connectivity index (χ0) is 32.2. The molecule has 2 aliphatic heterocycles. The van der Waals surface area contributed by atoms with Crippen LogP contribution in [-0.2, 0) is 27.0 Å². The zero-order valence-corrected chi connectivity index (χ0v) is 27.0. The van der Waals surface area contributed by atoms with Gasteiger partial charge in [-0.1, -0.05) is 61.8 Å². The Balaban J connectivity index is 1.19. The number of H-pyrrole nitrogens is 1. The van der Waals surface area contributed by atoms with E-state index in [0.717, 1.165) is 23.1 Å². The lowest BCUT2D eigenvalue weighted by Crippen LogP contribution is -2.54. The minimum absolute atomic E-state index is 0.0159. The largest absolute Gasteiger partial charge is 0.480 e. The molecule has 1 amide bonds. The fourth-order valence-electron chi connectivity index (χ4n) is 8.74. The molecule has 47 heavy (non-hydrogen) atoms. The van der Waals surface area contributed by atoms with Crippen molar-refractivity contribution in [2.24, 2.45) is 0 Å². The number of aromatic amines is 1. The molecule has 2 fully saturated rings. The van der Waals surface area contributed by atoms with Gasteiger partial charge in [0.2, 0.25) is 0 Å². The second-order valence-corrected chi connectivity index (χ2v) is 14.1. The fourth-order valence-corrected chi connectivity index (χ4v) is 8.74. The van der Waals surface area contributed by atoms with Crippen LogP contribution in [0.1, 0.15) is 85.2 Å². The third-order valence-electron chi connectivity index (χ3n) is 11.2. The number of carbonyl (C=O) groups excluding carboxylic acids is 1. The number of carbonyl (C=O) groups is 2. The molecule has 244 valence electrons. The van der Waals surface area contributed by atoms with Crippen LogP contribution in [0.25, 0.3) is 21.9 Å². The van der Waals surface area contributed by atoms with Gasteiger partial charge in [0.1, 0.15) is 11.4 Å². The van der Waals surface area contributed by atoms with Crippen LogP contribution in [0, 0.1) is 0 Å². The predicted molar refractivity (Wildman–Crippen MR) is 182 cm³/mol. The Morgan fingerprint density at radius 1 is 1.06 bits per heavy atom. The first-order valence-corrected chi connectivity index (χ1v) is 17.2. The number of likely N-dealkylation sites (tertiary alicyclic amines) is 1. The maximum Gasteiger partial charge on any atom is 0.317 e. The molecule has 0 spiro atoms. The number of aromatic nitrogens is 3. The molecule has 9 nitrogen and oxygen atoms in total. The SMILES string of the molecule is CC12C=CC=CC1OCCn1c2c(C2CCCCC2)c2ccc(C(=O)NC3(c4nc5ccccc5[nH]4)CCN(CC(=O)O)CC3)cc21. The van der Waals surface area contributed by atoms with E-state index in [1.807, 2.05) is 35.2 Å². The van der Waals surface area contributed by atoms with Gasteiger partial charge in [-0.15, -0.1) is 0 Å². The number of amides is 1. The Morgan fingerprint density at radius 3 is 2.66 bits per heavy atom. The molecule has 8 rings (SSSR count). The average molecular weight is 634 g/mol. The summed E-state index contributed by atoms with van der Waals surface area (Å²) in [6.07, 6.45) is 16.0. The van der Waals surface area contributed by atoms with Gasteiger partial charge in [0.15, 0.2) is 0 Å². The first kappa shape index (κ1) is 30.1. The highest BCUT2D eigenvalue weighted by molar-refractivity contribution is 6.00. The minimum atomic E-state index is -0.845. The number of imidazole rings is 1. The van der Waals surface area contributed by atoms with Crippen molar-refractivity contribution in [2.75, 3.05) is 26.2 Å². The van der Waals surface area contributed by atoms with Crippen molar-refractivity contribution < 1.29 is 19.4 Å². The van der Waals surface area contributed by atoms with Gasteiger partial charge >= 0.3 is 5.97 Å². The number of benzene rings is 2. The number of carboxylic acids is 1. The van der Waals surface area contributed by atoms with E-state index in [0.29, 0.717) is 49.8 Å². The highest BCUT2D eigenvalue weighted by Gasteiger charge is 2.44. The quantitative estimate of drug-likeness (QED) is 0.235. The van der Waals surface area contributed by atoms with E-state index in [2.05, 4.69) is 58.2 Å². The molecule has 2 aromatic heterocycles. The lowest BCUT2D eigenvalue weighted by atomic mass is 9.72. The van der Waals surface area contributed by atoms with Gasteiger partial charge in [-0.3, -0.25) is 14.5 Å². The van der Waals surface area contributed by atoms with Crippen LogP contribution in [0.3, 0.4) is 0 Å². The molecule has 9 heteroatoms. The first-order valence-electron chi connectivity index (χ1n) is 17.2. The predicted octanol–water partition coefficient (Wildman–Crippen LogP) is 6.15. The molecule has 1 saturated carbocycles. The number of para-hydroxylation sites is 2. The van der Waals surface area contributed by atoms with Crippen molar-refractivity contribution in [3.63, 3.8) is 0 Å². The number of allylic oxidation sites excluding steroid dienone is 2. The number of piperidine rings is 1. The number of aliphatic carboxylic acids is 1. The maximum atomic E-state index is 14.3. The lowest BCUT2D eigenvalue weighted by molar-refractivity contribution is -0.138. The third kappa shape index (κ3) is 5.20. The summed E-state index contributed by atoms with van der Waals surface area (Å²) < 4.78 is 8.89.